The fourth-order valence-corrected chi connectivity index (χ4v) is 1.83. The van der Waals surface area contributed by atoms with E-state index in [2.05, 4.69) is 4.99 Å². The van der Waals surface area contributed by atoms with E-state index < -0.39 is 12.8 Å². The first-order valence-corrected chi connectivity index (χ1v) is 6.66. The van der Waals surface area contributed by atoms with Crippen LogP contribution in [-0.4, -0.2) is 36.7 Å². The molecule has 1 aromatic rings. The van der Waals surface area contributed by atoms with Gasteiger partial charge in [0.25, 0.3) is 0 Å². The Morgan fingerprint density at radius 2 is 2.14 bits per heavy atom. The number of halogens is 3. The number of benzene rings is 1. The quantitative estimate of drug-likeness (QED) is 0.671. The fraction of sp³-hybridized carbons (Fsp3) is 0.500. The van der Waals surface area contributed by atoms with Crippen LogP contribution in [0.5, 0.6) is 5.75 Å². The van der Waals surface area contributed by atoms with Gasteiger partial charge in [-0.1, -0.05) is 12.1 Å². The summed E-state index contributed by atoms with van der Waals surface area (Å²) >= 11 is 0. The van der Waals surface area contributed by atoms with Crippen molar-refractivity contribution in [2.45, 2.75) is 31.6 Å². The van der Waals surface area contributed by atoms with Crippen molar-refractivity contribution in [3.8, 4) is 5.75 Å². The molecule has 21 heavy (non-hydrogen) atoms. The molecule has 0 unspecified atom stereocenters. The molecule has 2 rings (SSSR count). The van der Waals surface area contributed by atoms with E-state index in [4.69, 9.17) is 10.5 Å². The van der Waals surface area contributed by atoms with Gasteiger partial charge in [-0.05, 0) is 30.5 Å². The molecule has 1 saturated carbocycles. The maximum atomic E-state index is 12.1. The molecule has 1 aliphatic rings. The van der Waals surface area contributed by atoms with Gasteiger partial charge in [0, 0.05) is 13.1 Å². The van der Waals surface area contributed by atoms with Crippen LogP contribution in [0.25, 0.3) is 0 Å². The Labute approximate surface area is 121 Å². The van der Waals surface area contributed by atoms with Crippen molar-refractivity contribution in [1.82, 2.24) is 4.90 Å². The Morgan fingerprint density at radius 1 is 1.43 bits per heavy atom. The minimum Gasteiger partial charge on any atom is -0.484 e. The van der Waals surface area contributed by atoms with Crippen molar-refractivity contribution >= 4 is 5.96 Å². The van der Waals surface area contributed by atoms with Crippen molar-refractivity contribution < 1.29 is 17.9 Å². The minimum atomic E-state index is -4.34. The topological polar surface area (TPSA) is 50.8 Å². The van der Waals surface area contributed by atoms with Gasteiger partial charge in [0.1, 0.15) is 5.75 Å². The SMILES string of the molecule is CN(C(N)=NCc1cccc(OCC(F)(F)F)c1)C1CC1. The molecule has 1 fully saturated rings. The third-order valence-corrected chi connectivity index (χ3v) is 3.18. The molecule has 2 N–H and O–H groups in total. The summed E-state index contributed by atoms with van der Waals surface area (Å²) in [7, 11) is 1.89. The second kappa shape index (κ2) is 6.24. The number of hydrogen-bond donors (Lipinski definition) is 1. The van der Waals surface area contributed by atoms with Gasteiger partial charge in [-0.15, -0.1) is 0 Å². The van der Waals surface area contributed by atoms with Gasteiger partial charge in [0.2, 0.25) is 0 Å². The van der Waals surface area contributed by atoms with Crippen molar-refractivity contribution in [2.75, 3.05) is 13.7 Å². The standard InChI is InChI=1S/C14H18F3N3O/c1-20(11-5-6-11)13(18)19-8-10-3-2-4-12(7-10)21-9-14(15,16)17/h2-4,7,11H,5-6,8-9H2,1H3,(H2,18,19). The molecular formula is C14H18F3N3O. The Kier molecular flexibility index (Phi) is 4.59. The summed E-state index contributed by atoms with van der Waals surface area (Å²) in [6.45, 7) is -0.988. The molecule has 1 aliphatic carbocycles. The normalized spacial score (nSPS) is 15.9. The smallest absolute Gasteiger partial charge is 0.422 e. The second-order valence-electron chi connectivity index (χ2n) is 5.07. The van der Waals surface area contributed by atoms with Gasteiger partial charge in [0.05, 0.1) is 6.54 Å². The maximum absolute atomic E-state index is 12.1. The number of ether oxygens (including phenoxy) is 1. The lowest BCUT2D eigenvalue weighted by Gasteiger charge is -2.16. The highest BCUT2D eigenvalue weighted by Gasteiger charge is 2.28. The summed E-state index contributed by atoms with van der Waals surface area (Å²) in [6, 6.07) is 6.90. The molecule has 0 radical (unpaired) electrons. The van der Waals surface area contributed by atoms with Crippen LogP contribution in [-0.2, 0) is 6.54 Å². The summed E-state index contributed by atoms with van der Waals surface area (Å²) in [5.41, 5.74) is 6.61. The Bertz CT molecular complexity index is 512. The van der Waals surface area contributed by atoms with Gasteiger partial charge in [-0.2, -0.15) is 13.2 Å². The summed E-state index contributed by atoms with van der Waals surface area (Å²) < 4.78 is 41.0. The molecule has 1 aromatic carbocycles. The predicted octanol–water partition coefficient (Wildman–Crippen LogP) is 2.54. The fourth-order valence-electron chi connectivity index (χ4n) is 1.83. The van der Waals surface area contributed by atoms with Crippen LogP contribution in [0.15, 0.2) is 29.3 Å². The molecule has 7 heteroatoms. The maximum Gasteiger partial charge on any atom is 0.422 e. The largest absolute Gasteiger partial charge is 0.484 e. The average molecular weight is 301 g/mol. The van der Waals surface area contributed by atoms with E-state index in [1.165, 1.54) is 6.07 Å². The number of alkyl halides is 3. The summed E-state index contributed by atoms with van der Waals surface area (Å²) in [4.78, 5) is 6.17. The minimum absolute atomic E-state index is 0.175. The zero-order chi connectivity index (χ0) is 15.5. The van der Waals surface area contributed by atoms with Gasteiger partial charge >= 0.3 is 6.18 Å². The van der Waals surface area contributed by atoms with Crippen LogP contribution in [0, 0.1) is 0 Å². The molecule has 0 atom stereocenters. The van der Waals surface area contributed by atoms with Crippen molar-refractivity contribution in [1.29, 1.82) is 0 Å². The van der Waals surface area contributed by atoms with Crippen LogP contribution < -0.4 is 10.5 Å². The van der Waals surface area contributed by atoms with Crippen LogP contribution in [0.2, 0.25) is 0 Å². The molecule has 0 bridgehead atoms. The third kappa shape index (κ3) is 5.17. The number of rotatable bonds is 5. The first-order chi connectivity index (χ1) is 9.85. The van der Waals surface area contributed by atoms with Crippen LogP contribution in [0.4, 0.5) is 13.2 Å². The van der Waals surface area contributed by atoms with Gasteiger partial charge < -0.3 is 15.4 Å². The molecule has 116 valence electrons. The zero-order valence-electron chi connectivity index (χ0n) is 11.7. The Balaban J connectivity index is 1.92. The highest BCUT2D eigenvalue weighted by molar-refractivity contribution is 5.78. The Hall–Kier alpha value is -1.92. The molecule has 0 aliphatic heterocycles. The Morgan fingerprint density at radius 3 is 2.76 bits per heavy atom. The molecule has 0 heterocycles. The van der Waals surface area contributed by atoms with Gasteiger partial charge in [0.15, 0.2) is 12.6 Å². The second-order valence-corrected chi connectivity index (χ2v) is 5.07. The van der Waals surface area contributed by atoms with E-state index in [0.717, 1.165) is 18.4 Å². The van der Waals surface area contributed by atoms with Crippen LogP contribution in [0.3, 0.4) is 0 Å². The monoisotopic (exact) mass is 301 g/mol. The first kappa shape index (κ1) is 15.5. The molecule has 0 saturated heterocycles. The number of aliphatic imine (C=N–C) groups is 1. The van der Waals surface area contributed by atoms with E-state index >= 15 is 0 Å². The summed E-state index contributed by atoms with van der Waals surface area (Å²) in [5.74, 6) is 0.619. The lowest BCUT2D eigenvalue weighted by Crippen LogP contribution is -2.35. The molecule has 0 amide bonds. The third-order valence-electron chi connectivity index (χ3n) is 3.18. The van der Waals surface area contributed by atoms with Crippen molar-refractivity contribution in [3.05, 3.63) is 29.8 Å². The van der Waals surface area contributed by atoms with Gasteiger partial charge in [-0.25, -0.2) is 4.99 Å². The van der Waals surface area contributed by atoms with E-state index in [1.807, 2.05) is 11.9 Å². The highest BCUT2D eigenvalue weighted by Crippen LogP contribution is 2.25. The number of nitrogens with two attached hydrogens (primary N) is 1. The van der Waals surface area contributed by atoms with E-state index in [9.17, 15) is 13.2 Å². The number of hydrogen-bond acceptors (Lipinski definition) is 2. The van der Waals surface area contributed by atoms with E-state index in [0.29, 0.717) is 18.5 Å². The molecule has 0 aromatic heterocycles. The molecule has 4 nitrogen and oxygen atoms in total. The zero-order valence-corrected chi connectivity index (χ0v) is 11.7. The highest BCUT2D eigenvalue weighted by atomic mass is 19.4. The van der Waals surface area contributed by atoms with Crippen molar-refractivity contribution in [3.63, 3.8) is 0 Å². The number of nitrogens with zero attached hydrogens (tertiary/aromatic N) is 2. The summed E-state index contributed by atoms with van der Waals surface area (Å²) in [5, 5.41) is 0. The predicted molar refractivity (Wildman–Crippen MR) is 74.1 cm³/mol. The first-order valence-electron chi connectivity index (χ1n) is 6.66. The van der Waals surface area contributed by atoms with Crippen molar-refractivity contribution in [2.24, 2.45) is 10.7 Å². The summed E-state index contributed by atoms with van der Waals surface area (Å²) in [6.07, 6.45) is -2.10. The van der Waals surface area contributed by atoms with E-state index in [1.54, 1.807) is 18.2 Å². The van der Waals surface area contributed by atoms with Crippen LogP contribution in [0.1, 0.15) is 18.4 Å². The molecule has 0 spiro atoms. The van der Waals surface area contributed by atoms with Gasteiger partial charge in [-0.3, -0.25) is 0 Å². The lowest BCUT2D eigenvalue weighted by atomic mass is 10.2. The lowest BCUT2D eigenvalue weighted by molar-refractivity contribution is -0.153. The average Bonchev–Trinajstić information content (AvgIpc) is 3.26. The molecular weight excluding hydrogens is 283 g/mol. The number of guanidine groups is 1. The van der Waals surface area contributed by atoms with E-state index in [-0.39, 0.29) is 5.75 Å². The van der Waals surface area contributed by atoms with Crippen LogP contribution >= 0.6 is 0 Å².